The van der Waals surface area contributed by atoms with Gasteiger partial charge in [-0.15, -0.1) is 0 Å². The predicted octanol–water partition coefficient (Wildman–Crippen LogP) is 5.63. The van der Waals surface area contributed by atoms with E-state index < -0.39 is 0 Å². The van der Waals surface area contributed by atoms with E-state index in [9.17, 15) is 4.79 Å². The van der Waals surface area contributed by atoms with E-state index in [-0.39, 0.29) is 11.9 Å². The largest absolute Gasteiger partial charge is 0.497 e. The number of hydrogen-bond acceptors (Lipinski definition) is 4. The van der Waals surface area contributed by atoms with Crippen LogP contribution in [-0.2, 0) is 6.54 Å². The molecule has 0 bridgehead atoms. The average molecular weight is 459 g/mol. The molecule has 1 fully saturated rings. The van der Waals surface area contributed by atoms with E-state index in [0.717, 1.165) is 66.4 Å². The standard InChI is InChI=1S/C29H34N2O3/c1-21-5-9-23(10-6-21)29(32)31(25-12-7-22(2)8-13-25)26-15-17-30(18-16-26)20-24-11-14-27(33-3)19-28(24)34-4/h5-14,19,26H,15-18,20H2,1-4H3. The molecule has 3 aromatic rings. The molecule has 0 N–H and O–H groups in total. The zero-order valence-corrected chi connectivity index (χ0v) is 20.6. The molecule has 1 aliphatic heterocycles. The normalized spacial score (nSPS) is 14.6. The van der Waals surface area contributed by atoms with Crippen molar-refractivity contribution < 1.29 is 14.3 Å². The fourth-order valence-electron chi connectivity index (χ4n) is 4.59. The van der Waals surface area contributed by atoms with Gasteiger partial charge in [-0.05, 0) is 57.0 Å². The van der Waals surface area contributed by atoms with Crippen LogP contribution in [0.1, 0.15) is 39.9 Å². The van der Waals surface area contributed by atoms with Crippen molar-refractivity contribution in [2.24, 2.45) is 0 Å². The number of nitrogens with zero attached hydrogens (tertiary/aromatic N) is 2. The number of aryl methyl sites for hydroxylation is 2. The molecule has 1 saturated heterocycles. The van der Waals surface area contributed by atoms with Crippen LogP contribution in [0, 0.1) is 13.8 Å². The van der Waals surface area contributed by atoms with Crippen LogP contribution < -0.4 is 14.4 Å². The van der Waals surface area contributed by atoms with Crippen molar-refractivity contribution in [1.29, 1.82) is 0 Å². The molecule has 0 aliphatic carbocycles. The minimum absolute atomic E-state index is 0.0686. The van der Waals surface area contributed by atoms with Crippen molar-refractivity contribution >= 4 is 11.6 Å². The van der Waals surface area contributed by atoms with Gasteiger partial charge < -0.3 is 14.4 Å². The summed E-state index contributed by atoms with van der Waals surface area (Å²) in [6.45, 7) is 6.77. The highest BCUT2D eigenvalue weighted by molar-refractivity contribution is 6.06. The van der Waals surface area contributed by atoms with Gasteiger partial charge >= 0.3 is 0 Å². The maximum Gasteiger partial charge on any atom is 0.258 e. The lowest BCUT2D eigenvalue weighted by molar-refractivity contribution is 0.0958. The first kappa shape index (κ1) is 23.8. The van der Waals surface area contributed by atoms with Crippen LogP contribution in [0.25, 0.3) is 0 Å². The van der Waals surface area contributed by atoms with Crippen LogP contribution in [0.5, 0.6) is 11.5 Å². The molecule has 1 heterocycles. The summed E-state index contributed by atoms with van der Waals surface area (Å²) in [5.74, 6) is 1.71. The Labute approximate surface area is 202 Å². The number of amides is 1. The molecular formula is C29H34N2O3. The number of piperidine rings is 1. The van der Waals surface area contributed by atoms with Crippen LogP contribution in [0.4, 0.5) is 5.69 Å². The highest BCUT2D eigenvalue weighted by Gasteiger charge is 2.30. The monoisotopic (exact) mass is 458 g/mol. The number of anilines is 1. The van der Waals surface area contributed by atoms with Crippen molar-refractivity contribution in [2.75, 3.05) is 32.2 Å². The summed E-state index contributed by atoms with van der Waals surface area (Å²) in [5, 5.41) is 0. The number of ether oxygens (including phenoxy) is 2. The Bertz CT molecular complexity index is 1100. The molecule has 0 radical (unpaired) electrons. The fraction of sp³-hybridized carbons (Fsp3) is 0.345. The number of benzene rings is 3. The predicted molar refractivity (Wildman–Crippen MR) is 137 cm³/mol. The number of carbonyl (C=O) groups excluding carboxylic acids is 1. The van der Waals surface area contributed by atoms with Gasteiger partial charge in [0.2, 0.25) is 0 Å². The van der Waals surface area contributed by atoms with Gasteiger partial charge in [-0.3, -0.25) is 9.69 Å². The van der Waals surface area contributed by atoms with E-state index in [1.54, 1.807) is 14.2 Å². The lowest BCUT2D eigenvalue weighted by atomic mass is 9.99. The van der Waals surface area contributed by atoms with Gasteiger partial charge in [0.05, 0.1) is 14.2 Å². The number of methoxy groups -OCH3 is 2. The Hall–Kier alpha value is -3.31. The fourth-order valence-corrected chi connectivity index (χ4v) is 4.59. The summed E-state index contributed by atoms with van der Waals surface area (Å²) in [5.41, 5.74) is 5.19. The first-order valence-corrected chi connectivity index (χ1v) is 11.9. The lowest BCUT2D eigenvalue weighted by Gasteiger charge is -2.39. The maximum absolute atomic E-state index is 13.6. The highest BCUT2D eigenvalue weighted by Crippen LogP contribution is 2.29. The van der Waals surface area contributed by atoms with E-state index >= 15 is 0 Å². The number of hydrogen-bond donors (Lipinski definition) is 0. The van der Waals surface area contributed by atoms with Crippen LogP contribution in [0.2, 0.25) is 0 Å². The van der Waals surface area contributed by atoms with E-state index in [0.29, 0.717) is 0 Å². The minimum atomic E-state index is 0.0686. The molecule has 0 aromatic heterocycles. The first-order chi connectivity index (χ1) is 16.5. The molecule has 178 valence electrons. The minimum Gasteiger partial charge on any atom is -0.497 e. The molecule has 4 rings (SSSR count). The molecule has 0 unspecified atom stereocenters. The van der Waals surface area contributed by atoms with Crippen LogP contribution in [-0.4, -0.2) is 44.2 Å². The average Bonchev–Trinajstić information content (AvgIpc) is 2.87. The summed E-state index contributed by atoms with van der Waals surface area (Å²) in [7, 11) is 3.36. The Morgan fingerprint density at radius 3 is 2.09 bits per heavy atom. The molecule has 1 amide bonds. The van der Waals surface area contributed by atoms with Crippen molar-refractivity contribution in [3.05, 3.63) is 89.0 Å². The summed E-state index contributed by atoms with van der Waals surface area (Å²) < 4.78 is 10.9. The Morgan fingerprint density at radius 2 is 1.50 bits per heavy atom. The Morgan fingerprint density at radius 1 is 0.882 bits per heavy atom. The molecular weight excluding hydrogens is 424 g/mol. The molecule has 3 aromatic carbocycles. The first-order valence-electron chi connectivity index (χ1n) is 11.9. The second-order valence-electron chi connectivity index (χ2n) is 9.06. The summed E-state index contributed by atoms with van der Waals surface area (Å²) >= 11 is 0. The lowest BCUT2D eigenvalue weighted by Crippen LogP contribution is -2.47. The van der Waals surface area contributed by atoms with Gasteiger partial charge in [0.1, 0.15) is 11.5 Å². The molecule has 5 heteroatoms. The van der Waals surface area contributed by atoms with E-state index in [4.69, 9.17) is 9.47 Å². The quantitative estimate of drug-likeness (QED) is 0.460. The van der Waals surface area contributed by atoms with Crippen LogP contribution in [0.3, 0.4) is 0 Å². The van der Waals surface area contributed by atoms with Gasteiger partial charge in [0.25, 0.3) is 5.91 Å². The zero-order chi connectivity index (χ0) is 24.1. The SMILES string of the molecule is COc1ccc(CN2CCC(N(C(=O)c3ccc(C)cc3)c3ccc(C)cc3)CC2)c(OC)c1. The zero-order valence-electron chi connectivity index (χ0n) is 20.6. The van der Waals surface area contributed by atoms with Gasteiger partial charge in [-0.2, -0.15) is 0 Å². The van der Waals surface area contributed by atoms with Crippen LogP contribution in [0.15, 0.2) is 66.7 Å². The summed E-state index contributed by atoms with van der Waals surface area (Å²) in [4.78, 5) is 18.1. The molecule has 1 aliphatic rings. The number of likely N-dealkylation sites (tertiary alicyclic amines) is 1. The molecule has 0 spiro atoms. The van der Waals surface area contributed by atoms with Gasteiger partial charge in [0.15, 0.2) is 0 Å². The third-order valence-corrected chi connectivity index (χ3v) is 6.64. The van der Waals surface area contributed by atoms with Gasteiger partial charge in [-0.25, -0.2) is 0 Å². The van der Waals surface area contributed by atoms with Crippen molar-refractivity contribution in [3.63, 3.8) is 0 Å². The third-order valence-electron chi connectivity index (χ3n) is 6.64. The molecule has 0 atom stereocenters. The number of carbonyl (C=O) groups is 1. The second kappa shape index (κ2) is 10.7. The van der Waals surface area contributed by atoms with Crippen molar-refractivity contribution in [3.8, 4) is 11.5 Å². The molecule has 0 saturated carbocycles. The third kappa shape index (κ3) is 5.42. The van der Waals surface area contributed by atoms with E-state index in [2.05, 4.69) is 42.2 Å². The van der Waals surface area contributed by atoms with Gasteiger partial charge in [-0.1, -0.05) is 41.5 Å². The molecule has 34 heavy (non-hydrogen) atoms. The summed E-state index contributed by atoms with van der Waals surface area (Å²) in [6.07, 6.45) is 1.84. The molecule has 5 nitrogen and oxygen atoms in total. The smallest absolute Gasteiger partial charge is 0.258 e. The highest BCUT2D eigenvalue weighted by atomic mass is 16.5. The van der Waals surface area contributed by atoms with E-state index in [1.165, 1.54) is 5.56 Å². The second-order valence-corrected chi connectivity index (χ2v) is 9.06. The van der Waals surface area contributed by atoms with Crippen molar-refractivity contribution in [2.45, 2.75) is 39.3 Å². The summed E-state index contributed by atoms with van der Waals surface area (Å²) in [6, 6.07) is 22.3. The van der Waals surface area contributed by atoms with Crippen molar-refractivity contribution in [1.82, 2.24) is 4.90 Å². The van der Waals surface area contributed by atoms with Gasteiger partial charge in [0, 0.05) is 48.6 Å². The van der Waals surface area contributed by atoms with E-state index in [1.807, 2.05) is 48.2 Å². The number of rotatable bonds is 7. The Balaban J connectivity index is 1.50. The van der Waals surface area contributed by atoms with Crippen LogP contribution >= 0.6 is 0 Å². The topological polar surface area (TPSA) is 42.0 Å². The maximum atomic E-state index is 13.6. The Kier molecular flexibility index (Phi) is 7.53.